The van der Waals surface area contributed by atoms with Crippen LogP contribution in [0.1, 0.15) is 20.3 Å². The van der Waals surface area contributed by atoms with Gasteiger partial charge in [0.1, 0.15) is 6.29 Å². The molecule has 68 valence electrons. The van der Waals surface area contributed by atoms with E-state index in [0.717, 1.165) is 19.3 Å². The van der Waals surface area contributed by atoms with Crippen LogP contribution in [-0.2, 0) is 9.59 Å². The maximum absolute atomic E-state index is 11.4. The number of aldehydes is 1. The van der Waals surface area contributed by atoms with Gasteiger partial charge in [0.2, 0.25) is 5.91 Å². The van der Waals surface area contributed by atoms with Crippen LogP contribution in [0.2, 0.25) is 0 Å². The second-order valence-electron chi connectivity index (χ2n) is 3.37. The number of carbonyl (C=O) groups is 2. The average molecular weight is 169 g/mol. The van der Waals surface area contributed by atoms with Crippen LogP contribution in [0.25, 0.3) is 0 Å². The second kappa shape index (κ2) is 3.70. The first-order valence-corrected chi connectivity index (χ1v) is 4.44. The third kappa shape index (κ3) is 1.49. The molecule has 0 aliphatic carbocycles. The summed E-state index contributed by atoms with van der Waals surface area (Å²) in [6.07, 6.45) is 1.86. The predicted octanol–water partition coefficient (Wildman–Crippen LogP) is 0.690. The van der Waals surface area contributed by atoms with E-state index in [-0.39, 0.29) is 17.7 Å². The van der Waals surface area contributed by atoms with E-state index < -0.39 is 0 Å². The van der Waals surface area contributed by atoms with E-state index in [0.29, 0.717) is 6.54 Å². The highest BCUT2D eigenvalue weighted by atomic mass is 16.2. The smallest absolute Gasteiger partial charge is 0.226 e. The zero-order valence-corrected chi connectivity index (χ0v) is 7.62. The van der Waals surface area contributed by atoms with E-state index in [2.05, 4.69) is 0 Å². The number of hydrogen-bond donors (Lipinski definition) is 0. The molecular weight excluding hydrogens is 154 g/mol. The molecule has 3 nitrogen and oxygen atoms in total. The minimum atomic E-state index is -0.103. The van der Waals surface area contributed by atoms with Crippen molar-refractivity contribution in [1.82, 2.24) is 4.90 Å². The minimum Gasteiger partial charge on any atom is -0.342 e. The molecule has 0 bridgehead atoms. The average Bonchev–Trinajstić information content (AvgIpc) is 2.33. The molecule has 1 fully saturated rings. The van der Waals surface area contributed by atoms with Crippen molar-refractivity contribution < 1.29 is 9.59 Å². The number of amides is 1. The highest BCUT2D eigenvalue weighted by Gasteiger charge is 2.36. The largest absolute Gasteiger partial charge is 0.342 e. The van der Waals surface area contributed by atoms with Gasteiger partial charge in [-0.1, -0.05) is 13.8 Å². The quantitative estimate of drug-likeness (QED) is 0.583. The van der Waals surface area contributed by atoms with Crippen LogP contribution in [0, 0.1) is 11.8 Å². The van der Waals surface area contributed by atoms with Crippen molar-refractivity contribution in [3.8, 4) is 0 Å². The third-order valence-electron chi connectivity index (χ3n) is 2.44. The van der Waals surface area contributed by atoms with Crippen LogP contribution in [0.15, 0.2) is 0 Å². The summed E-state index contributed by atoms with van der Waals surface area (Å²) in [7, 11) is 0. The van der Waals surface area contributed by atoms with Gasteiger partial charge in [0, 0.05) is 24.9 Å². The molecule has 1 saturated heterocycles. The maximum Gasteiger partial charge on any atom is 0.226 e. The summed E-state index contributed by atoms with van der Waals surface area (Å²) in [6, 6.07) is 0. The fraction of sp³-hybridized carbons (Fsp3) is 0.778. The van der Waals surface area contributed by atoms with Gasteiger partial charge in [-0.25, -0.2) is 0 Å². The zero-order chi connectivity index (χ0) is 9.14. The Hall–Kier alpha value is -0.860. The van der Waals surface area contributed by atoms with Gasteiger partial charge in [-0.3, -0.25) is 4.79 Å². The predicted molar refractivity (Wildman–Crippen MR) is 45.6 cm³/mol. The molecule has 2 unspecified atom stereocenters. The van der Waals surface area contributed by atoms with Gasteiger partial charge in [-0.2, -0.15) is 0 Å². The Labute approximate surface area is 72.7 Å². The van der Waals surface area contributed by atoms with Crippen LogP contribution in [0.3, 0.4) is 0 Å². The molecule has 3 heteroatoms. The summed E-state index contributed by atoms with van der Waals surface area (Å²) in [6.45, 7) is 5.27. The first-order chi connectivity index (χ1) is 5.70. The van der Waals surface area contributed by atoms with Crippen molar-refractivity contribution in [2.45, 2.75) is 20.3 Å². The summed E-state index contributed by atoms with van der Waals surface area (Å²) in [4.78, 5) is 23.7. The van der Waals surface area contributed by atoms with Gasteiger partial charge in [0.05, 0.1) is 0 Å². The van der Waals surface area contributed by atoms with Crippen LogP contribution in [-0.4, -0.2) is 30.2 Å². The monoisotopic (exact) mass is 169 g/mol. The topological polar surface area (TPSA) is 37.4 Å². The molecule has 1 rings (SSSR count). The van der Waals surface area contributed by atoms with Crippen molar-refractivity contribution >= 4 is 12.2 Å². The van der Waals surface area contributed by atoms with E-state index in [1.807, 2.05) is 13.8 Å². The van der Waals surface area contributed by atoms with E-state index in [1.165, 1.54) is 0 Å². The molecule has 12 heavy (non-hydrogen) atoms. The molecule has 0 aromatic rings. The number of hydrogen-bond acceptors (Lipinski definition) is 2. The van der Waals surface area contributed by atoms with Crippen LogP contribution >= 0.6 is 0 Å². The Kier molecular flexibility index (Phi) is 2.84. The molecule has 1 aliphatic heterocycles. The van der Waals surface area contributed by atoms with Crippen molar-refractivity contribution in [1.29, 1.82) is 0 Å². The van der Waals surface area contributed by atoms with Gasteiger partial charge >= 0.3 is 0 Å². The van der Waals surface area contributed by atoms with Crippen molar-refractivity contribution in [3.63, 3.8) is 0 Å². The molecular formula is C9H15NO2. The molecule has 1 amide bonds. The van der Waals surface area contributed by atoms with Crippen LogP contribution in [0.5, 0.6) is 0 Å². The van der Waals surface area contributed by atoms with Gasteiger partial charge < -0.3 is 9.69 Å². The Morgan fingerprint density at radius 2 is 2.33 bits per heavy atom. The highest BCUT2D eigenvalue weighted by Crippen LogP contribution is 2.22. The summed E-state index contributed by atoms with van der Waals surface area (Å²) in [5, 5.41) is 0. The fourth-order valence-corrected chi connectivity index (χ4v) is 1.61. The zero-order valence-electron chi connectivity index (χ0n) is 7.62. The summed E-state index contributed by atoms with van der Waals surface area (Å²) < 4.78 is 0. The van der Waals surface area contributed by atoms with E-state index in [4.69, 9.17) is 0 Å². The molecule has 1 heterocycles. The fourth-order valence-electron chi connectivity index (χ4n) is 1.61. The lowest BCUT2D eigenvalue weighted by atomic mass is 10.00. The molecule has 2 atom stereocenters. The first kappa shape index (κ1) is 9.23. The Morgan fingerprint density at radius 1 is 1.67 bits per heavy atom. The van der Waals surface area contributed by atoms with Crippen molar-refractivity contribution in [3.05, 3.63) is 0 Å². The molecule has 0 aromatic carbocycles. The highest BCUT2D eigenvalue weighted by molar-refractivity contribution is 5.84. The van der Waals surface area contributed by atoms with Gasteiger partial charge in [-0.15, -0.1) is 0 Å². The van der Waals surface area contributed by atoms with Gasteiger partial charge in [0.25, 0.3) is 0 Å². The van der Waals surface area contributed by atoms with E-state index in [1.54, 1.807) is 4.90 Å². The Balaban J connectivity index is 2.60. The standard InChI is InChI=1S/C9H15NO2/c1-3-4-10-5-8(6-11)7(2)9(10)12/h6-8H,3-5H2,1-2H3. The molecule has 0 saturated carbocycles. The normalized spacial score (nSPS) is 29.5. The molecule has 0 spiro atoms. The van der Waals surface area contributed by atoms with Crippen molar-refractivity contribution in [2.75, 3.05) is 13.1 Å². The van der Waals surface area contributed by atoms with Gasteiger partial charge in [-0.05, 0) is 6.42 Å². The maximum atomic E-state index is 11.4. The number of nitrogens with zero attached hydrogens (tertiary/aromatic N) is 1. The molecule has 1 aliphatic rings. The SMILES string of the molecule is CCCN1CC(C=O)C(C)C1=O. The van der Waals surface area contributed by atoms with Crippen molar-refractivity contribution in [2.24, 2.45) is 11.8 Å². The van der Waals surface area contributed by atoms with E-state index >= 15 is 0 Å². The summed E-state index contributed by atoms with van der Waals surface area (Å²) in [5.41, 5.74) is 0. The third-order valence-corrected chi connectivity index (χ3v) is 2.44. The Bertz CT molecular complexity index is 191. The lowest BCUT2D eigenvalue weighted by molar-refractivity contribution is -0.131. The Morgan fingerprint density at radius 3 is 2.75 bits per heavy atom. The lowest BCUT2D eigenvalue weighted by Gasteiger charge is -2.13. The van der Waals surface area contributed by atoms with Gasteiger partial charge in [0.15, 0.2) is 0 Å². The first-order valence-electron chi connectivity index (χ1n) is 4.44. The second-order valence-corrected chi connectivity index (χ2v) is 3.37. The van der Waals surface area contributed by atoms with Crippen LogP contribution in [0.4, 0.5) is 0 Å². The minimum absolute atomic E-state index is 0.0796. The summed E-state index contributed by atoms with van der Waals surface area (Å²) in [5.74, 6) is -0.0490. The molecule has 0 N–H and O–H groups in total. The number of carbonyl (C=O) groups excluding carboxylic acids is 2. The van der Waals surface area contributed by atoms with Crippen LogP contribution < -0.4 is 0 Å². The van der Waals surface area contributed by atoms with E-state index in [9.17, 15) is 9.59 Å². The number of likely N-dealkylation sites (tertiary alicyclic amines) is 1. The lowest BCUT2D eigenvalue weighted by Crippen LogP contribution is -2.27. The number of rotatable bonds is 3. The molecule has 0 radical (unpaired) electrons. The molecule has 0 aromatic heterocycles. The summed E-state index contributed by atoms with van der Waals surface area (Å²) >= 11 is 0.